The van der Waals surface area contributed by atoms with Gasteiger partial charge in [0.1, 0.15) is 5.82 Å². The van der Waals surface area contributed by atoms with Gasteiger partial charge in [-0.1, -0.05) is 28.9 Å². The van der Waals surface area contributed by atoms with Crippen LogP contribution in [-0.4, -0.2) is 12.6 Å². The van der Waals surface area contributed by atoms with E-state index < -0.39 is 0 Å². The molecule has 0 aliphatic carbocycles. The highest BCUT2D eigenvalue weighted by Gasteiger charge is 2.16. The van der Waals surface area contributed by atoms with E-state index in [9.17, 15) is 4.39 Å². The molecular weight excluding hydrogens is 269 g/mol. The Morgan fingerprint density at radius 1 is 1.38 bits per heavy atom. The van der Waals surface area contributed by atoms with Gasteiger partial charge < -0.3 is 4.90 Å². The van der Waals surface area contributed by atoms with Gasteiger partial charge >= 0.3 is 0 Å². The third-order valence-corrected chi connectivity index (χ3v) is 3.56. The highest BCUT2D eigenvalue weighted by atomic mass is 79.9. The first-order valence-corrected chi connectivity index (χ1v) is 6.87. The van der Waals surface area contributed by atoms with Gasteiger partial charge in [-0.3, -0.25) is 0 Å². The summed E-state index contributed by atoms with van der Waals surface area (Å²) in [6.45, 7) is 7.33. The number of halogens is 2. The van der Waals surface area contributed by atoms with Crippen LogP contribution < -0.4 is 4.90 Å². The van der Waals surface area contributed by atoms with Crippen LogP contribution in [0.5, 0.6) is 0 Å². The van der Waals surface area contributed by atoms with E-state index in [0.29, 0.717) is 11.4 Å². The minimum absolute atomic E-state index is 0.129. The van der Waals surface area contributed by atoms with Crippen LogP contribution in [0.15, 0.2) is 18.2 Å². The normalized spacial score (nSPS) is 12.6. The number of nitrogens with zero attached hydrogens (tertiary/aromatic N) is 1. The van der Waals surface area contributed by atoms with Gasteiger partial charge in [0, 0.05) is 29.2 Å². The molecule has 3 heteroatoms. The Morgan fingerprint density at radius 3 is 2.56 bits per heavy atom. The molecule has 90 valence electrons. The van der Waals surface area contributed by atoms with Crippen molar-refractivity contribution >= 4 is 21.6 Å². The van der Waals surface area contributed by atoms with Crippen molar-refractivity contribution in [3.05, 3.63) is 29.6 Å². The third kappa shape index (κ3) is 2.76. The average molecular weight is 288 g/mol. The number of hydrogen-bond acceptors (Lipinski definition) is 1. The second-order valence-corrected chi connectivity index (χ2v) is 4.48. The lowest BCUT2D eigenvalue weighted by Gasteiger charge is -2.31. The lowest BCUT2D eigenvalue weighted by molar-refractivity contribution is 0.602. The quantitative estimate of drug-likeness (QED) is 0.728. The van der Waals surface area contributed by atoms with Gasteiger partial charge in [-0.2, -0.15) is 0 Å². The molecule has 1 nitrogen and oxygen atoms in total. The molecule has 16 heavy (non-hydrogen) atoms. The van der Waals surface area contributed by atoms with E-state index >= 15 is 0 Å². The zero-order valence-corrected chi connectivity index (χ0v) is 11.7. The molecule has 0 heterocycles. The lowest BCUT2D eigenvalue weighted by Crippen LogP contribution is -2.33. The summed E-state index contributed by atoms with van der Waals surface area (Å²) >= 11 is 3.36. The first-order chi connectivity index (χ1) is 7.65. The molecule has 1 unspecified atom stereocenters. The zero-order chi connectivity index (χ0) is 12.1. The number of alkyl halides is 1. The molecule has 0 saturated carbocycles. The molecule has 1 rings (SSSR count). The maximum absolute atomic E-state index is 13.7. The fraction of sp³-hybridized carbons (Fsp3) is 0.538. The Labute approximate surface area is 106 Å². The molecular formula is C13H19BrFN. The fourth-order valence-corrected chi connectivity index (χ4v) is 2.44. The van der Waals surface area contributed by atoms with Crippen LogP contribution in [0.3, 0.4) is 0 Å². The largest absolute Gasteiger partial charge is 0.369 e. The SMILES string of the molecule is CCC(C)N(CC)c1cccc(F)c1CBr. The van der Waals surface area contributed by atoms with Crippen molar-refractivity contribution < 1.29 is 4.39 Å². The van der Waals surface area contributed by atoms with Crippen molar-refractivity contribution in [3.8, 4) is 0 Å². The van der Waals surface area contributed by atoms with E-state index in [1.165, 1.54) is 6.07 Å². The van der Waals surface area contributed by atoms with Gasteiger partial charge in [-0.25, -0.2) is 4.39 Å². The standard InChI is InChI=1S/C13H19BrFN/c1-4-10(3)16(5-2)13-8-6-7-12(15)11(13)9-14/h6-8,10H,4-5,9H2,1-3H3. The molecule has 0 N–H and O–H groups in total. The van der Waals surface area contributed by atoms with E-state index in [1.807, 2.05) is 6.07 Å². The Kier molecular flexibility index (Phi) is 5.26. The Hall–Kier alpha value is -0.570. The Bertz CT molecular complexity index is 341. The van der Waals surface area contributed by atoms with Crippen LogP contribution in [0.1, 0.15) is 32.8 Å². The van der Waals surface area contributed by atoms with Crippen molar-refractivity contribution in [3.63, 3.8) is 0 Å². The summed E-state index contributed by atoms with van der Waals surface area (Å²) in [6, 6.07) is 5.73. The van der Waals surface area contributed by atoms with E-state index in [0.717, 1.165) is 24.2 Å². The Balaban J connectivity index is 3.14. The number of benzene rings is 1. The second kappa shape index (κ2) is 6.24. The molecule has 0 aliphatic heterocycles. The van der Waals surface area contributed by atoms with Crippen molar-refractivity contribution in [1.29, 1.82) is 0 Å². The highest BCUT2D eigenvalue weighted by Crippen LogP contribution is 2.27. The summed E-state index contributed by atoms with van der Waals surface area (Å²) in [5.41, 5.74) is 1.76. The molecule has 0 fully saturated rings. The van der Waals surface area contributed by atoms with Crippen LogP contribution in [0.4, 0.5) is 10.1 Å². The van der Waals surface area contributed by atoms with Gasteiger partial charge in [-0.05, 0) is 32.4 Å². The van der Waals surface area contributed by atoms with Crippen LogP contribution in [-0.2, 0) is 5.33 Å². The van der Waals surface area contributed by atoms with Crippen LogP contribution >= 0.6 is 15.9 Å². The van der Waals surface area contributed by atoms with Crippen molar-refractivity contribution in [2.24, 2.45) is 0 Å². The first-order valence-electron chi connectivity index (χ1n) is 5.75. The molecule has 0 aliphatic rings. The van der Waals surface area contributed by atoms with E-state index in [4.69, 9.17) is 0 Å². The Morgan fingerprint density at radius 2 is 2.06 bits per heavy atom. The summed E-state index contributed by atoms with van der Waals surface area (Å²) < 4.78 is 13.7. The van der Waals surface area contributed by atoms with Crippen molar-refractivity contribution in [1.82, 2.24) is 0 Å². The summed E-state index contributed by atoms with van der Waals surface area (Å²) in [7, 11) is 0. The fourth-order valence-electron chi connectivity index (χ4n) is 1.89. The molecule has 1 aromatic carbocycles. The molecule has 1 aromatic rings. The maximum Gasteiger partial charge on any atom is 0.129 e. The lowest BCUT2D eigenvalue weighted by atomic mass is 10.1. The molecule has 0 bridgehead atoms. The number of anilines is 1. The maximum atomic E-state index is 13.7. The van der Waals surface area contributed by atoms with Gasteiger partial charge in [0.15, 0.2) is 0 Å². The highest BCUT2D eigenvalue weighted by molar-refractivity contribution is 9.08. The average Bonchev–Trinajstić information content (AvgIpc) is 2.30. The number of rotatable bonds is 5. The second-order valence-electron chi connectivity index (χ2n) is 3.91. The van der Waals surface area contributed by atoms with E-state index in [1.54, 1.807) is 6.07 Å². The summed E-state index contributed by atoms with van der Waals surface area (Å²) in [5, 5.41) is 0.557. The molecule has 0 saturated heterocycles. The van der Waals surface area contributed by atoms with Crippen molar-refractivity contribution in [2.45, 2.75) is 38.6 Å². The summed E-state index contributed by atoms with van der Waals surface area (Å²) in [6.07, 6.45) is 1.06. The smallest absolute Gasteiger partial charge is 0.129 e. The summed E-state index contributed by atoms with van der Waals surface area (Å²) in [4.78, 5) is 2.25. The van der Waals surface area contributed by atoms with E-state index in [-0.39, 0.29) is 5.82 Å². The molecule has 0 amide bonds. The van der Waals surface area contributed by atoms with Crippen LogP contribution in [0, 0.1) is 5.82 Å². The van der Waals surface area contributed by atoms with Gasteiger partial charge in [0.25, 0.3) is 0 Å². The predicted molar refractivity (Wildman–Crippen MR) is 71.8 cm³/mol. The van der Waals surface area contributed by atoms with Gasteiger partial charge in [0.2, 0.25) is 0 Å². The van der Waals surface area contributed by atoms with Crippen molar-refractivity contribution in [2.75, 3.05) is 11.4 Å². The molecule has 0 radical (unpaired) electrons. The zero-order valence-electron chi connectivity index (χ0n) is 10.1. The topological polar surface area (TPSA) is 3.24 Å². The van der Waals surface area contributed by atoms with Gasteiger partial charge in [-0.15, -0.1) is 0 Å². The van der Waals surface area contributed by atoms with Gasteiger partial charge in [0.05, 0.1) is 0 Å². The third-order valence-electron chi connectivity index (χ3n) is 3.00. The summed E-state index contributed by atoms with van der Waals surface area (Å²) in [5.74, 6) is -0.129. The first kappa shape index (κ1) is 13.5. The minimum Gasteiger partial charge on any atom is -0.369 e. The molecule has 0 aromatic heterocycles. The monoisotopic (exact) mass is 287 g/mol. The molecule has 0 spiro atoms. The minimum atomic E-state index is -0.129. The molecule has 1 atom stereocenters. The van der Waals surface area contributed by atoms with Crippen LogP contribution in [0.25, 0.3) is 0 Å². The number of hydrogen-bond donors (Lipinski definition) is 0. The van der Waals surface area contributed by atoms with Crippen LogP contribution in [0.2, 0.25) is 0 Å². The van der Waals surface area contributed by atoms with E-state index in [2.05, 4.69) is 41.6 Å². The predicted octanol–water partition coefficient (Wildman–Crippen LogP) is 4.35.